The number of hydrogen-bond donors (Lipinski definition) is 1. The molecule has 0 saturated heterocycles. The van der Waals surface area contributed by atoms with Gasteiger partial charge in [0.15, 0.2) is 0 Å². The van der Waals surface area contributed by atoms with Crippen molar-refractivity contribution < 1.29 is 26.0 Å². The minimum Gasteiger partial charge on any atom is -0.211 e. The van der Waals surface area contributed by atoms with Crippen LogP contribution in [-0.2, 0) is 22.6 Å². The summed E-state index contributed by atoms with van der Waals surface area (Å²) in [4.78, 5) is -0.846. The molecule has 124 valence electrons. The zero-order valence-corrected chi connectivity index (χ0v) is 12.6. The molecular formula is C15H13F4NO2S. The number of halogens is 4. The fourth-order valence-corrected chi connectivity index (χ4v) is 3.29. The van der Waals surface area contributed by atoms with Crippen molar-refractivity contribution in [3.8, 4) is 0 Å². The Morgan fingerprint density at radius 2 is 1.57 bits per heavy atom. The van der Waals surface area contributed by atoms with Crippen LogP contribution in [0.2, 0.25) is 0 Å². The van der Waals surface area contributed by atoms with Crippen LogP contribution in [0.25, 0.3) is 0 Å². The molecule has 0 aromatic heterocycles. The van der Waals surface area contributed by atoms with Crippen molar-refractivity contribution in [2.24, 2.45) is 0 Å². The molecule has 0 heterocycles. The van der Waals surface area contributed by atoms with Gasteiger partial charge in [-0.3, -0.25) is 0 Å². The molecule has 0 aliphatic carbocycles. The van der Waals surface area contributed by atoms with E-state index >= 15 is 0 Å². The number of nitrogens with one attached hydrogen (secondary N) is 1. The van der Waals surface area contributed by atoms with Gasteiger partial charge in [0.2, 0.25) is 10.0 Å². The quantitative estimate of drug-likeness (QED) is 0.843. The molecule has 3 nitrogen and oxygen atoms in total. The maximum absolute atomic E-state index is 13.4. The SMILES string of the molecule is O=S(=O)(NCCc1ccccc1F)c1ccccc1C(F)(F)F. The highest BCUT2D eigenvalue weighted by atomic mass is 32.2. The fourth-order valence-electron chi connectivity index (χ4n) is 2.03. The maximum atomic E-state index is 13.4. The Morgan fingerprint density at radius 1 is 0.957 bits per heavy atom. The van der Waals surface area contributed by atoms with Crippen LogP contribution in [0.4, 0.5) is 17.6 Å². The highest BCUT2D eigenvalue weighted by Gasteiger charge is 2.36. The Labute approximate surface area is 131 Å². The lowest BCUT2D eigenvalue weighted by molar-refractivity contribution is -0.139. The monoisotopic (exact) mass is 347 g/mol. The van der Waals surface area contributed by atoms with E-state index in [1.807, 2.05) is 0 Å². The van der Waals surface area contributed by atoms with Gasteiger partial charge in [0.05, 0.1) is 10.5 Å². The second kappa shape index (κ2) is 6.67. The summed E-state index contributed by atoms with van der Waals surface area (Å²) >= 11 is 0. The molecule has 2 rings (SSSR count). The van der Waals surface area contributed by atoms with Crippen molar-refractivity contribution in [1.82, 2.24) is 4.72 Å². The van der Waals surface area contributed by atoms with Crippen LogP contribution >= 0.6 is 0 Å². The predicted octanol–water partition coefficient (Wildman–Crippen LogP) is 3.37. The Balaban J connectivity index is 2.16. The summed E-state index contributed by atoms with van der Waals surface area (Å²) in [6, 6.07) is 9.69. The van der Waals surface area contributed by atoms with Gasteiger partial charge in [-0.15, -0.1) is 0 Å². The molecule has 2 aromatic carbocycles. The first kappa shape index (κ1) is 17.4. The van der Waals surface area contributed by atoms with E-state index in [4.69, 9.17) is 0 Å². The highest BCUT2D eigenvalue weighted by Crippen LogP contribution is 2.33. The van der Waals surface area contributed by atoms with E-state index in [1.165, 1.54) is 24.3 Å². The molecule has 0 spiro atoms. The summed E-state index contributed by atoms with van der Waals surface area (Å²) in [5.74, 6) is -0.498. The van der Waals surface area contributed by atoms with E-state index in [0.717, 1.165) is 12.1 Å². The lowest BCUT2D eigenvalue weighted by Crippen LogP contribution is -2.28. The minimum atomic E-state index is -4.78. The number of sulfonamides is 1. The number of benzene rings is 2. The summed E-state index contributed by atoms with van der Waals surface area (Å²) in [6.07, 6.45) is -4.75. The Kier molecular flexibility index (Phi) is 5.06. The lowest BCUT2D eigenvalue weighted by atomic mass is 10.1. The first-order valence-electron chi connectivity index (χ1n) is 6.61. The Morgan fingerprint density at radius 3 is 2.22 bits per heavy atom. The van der Waals surface area contributed by atoms with Gasteiger partial charge in [-0.2, -0.15) is 13.2 Å². The average Bonchev–Trinajstić information content (AvgIpc) is 2.48. The maximum Gasteiger partial charge on any atom is 0.417 e. The third-order valence-electron chi connectivity index (χ3n) is 3.13. The van der Waals surface area contributed by atoms with E-state index in [0.29, 0.717) is 6.07 Å². The van der Waals surface area contributed by atoms with Crippen LogP contribution in [0.15, 0.2) is 53.4 Å². The minimum absolute atomic E-state index is 0.0279. The van der Waals surface area contributed by atoms with Gasteiger partial charge in [-0.05, 0) is 30.2 Å². The summed E-state index contributed by atoms with van der Waals surface area (Å²) in [7, 11) is -4.35. The van der Waals surface area contributed by atoms with Gasteiger partial charge < -0.3 is 0 Å². The highest BCUT2D eigenvalue weighted by molar-refractivity contribution is 7.89. The molecule has 0 saturated carbocycles. The van der Waals surface area contributed by atoms with Gasteiger partial charge >= 0.3 is 6.18 Å². The largest absolute Gasteiger partial charge is 0.417 e. The molecule has 0 aliphatic heterocycles. The number of hydrogen-bond acceptors (Lipinski definition) is 2. The van der Waals surface area contributed by atoms with Gasteiger partial charge in [-0.1, -0.05) is 30.3 Å². The number of alkyl halides is 3. The zero-order chi connectivity index (χ0) is 17.1. The molecule has 0 amide bonds. The van der Waals surface area contributed by atoms with E-state index < -0.39 is 32.5 Å². The third kappa shape index (κ3) is 4.29. The van der Waals surface area contributed by atoms with Crippen LogP contribution < -0.4 is 4.72 Å². The first-order valence-corrected chi connectivity index (χ1v) is 8.09. The molecule has 0 fully saturated rings. The van der Waals surface area contributed by atoms with Crippen LogP contribution in [-0.4, -0.2) is 15.0 Å². The zero-order valence-electron chi connectivity index (χ0n) is 11.8. The predicted molar refractivity (Wildman–Crippen MR) is 76.7 cm³/mol. The third-order valence-corrected chi connectivity index (χ3v) is 4.65. The molecule has 0 unspecified atom stereocenters. The first-order chi connectivity index (χ1) is 10.7. The van der Waals surface area contributed by atoms with Crippen LogP contribution in [0.1, 0.15) is 11.1 Å². The second-order valence-corrected chi connectivity index (χ2v) is 6.47. The van der Waals surface area contributed by atoms with Crippen molar-refractivity contribution in [1.29, 1.82) is 0 Å². The van der Waals surface area contributed by atoms with Gasteiger partial charge in [-0.25, -0.2) is 17.5 Å². The molecule has 0 radical (unpaired) electrons. The van der Waals surface area contributed by atoms with Crippen molar-refractivity contribution in [2.75, 3.05) is 6.54 Å². The molecule has 1 N–H and O–H groups in total. The fraction of sp³-hybridized carbons (Fsp3) is 0.200. The smallest absolute Gasteiger partial charge is 0.211 e. The molecule has 0 aliphatic rings. The van der Waals surface area contributed by atoms with E-state index in [9.17, 15) is 26.0 Å². The average molecular weight is 347 g/mol. The molecule has 23 heavy (non-hydrogen) atoms. The number of rotatable bonds is 5. The van der Waals surface area contributed by atoms with Crippen LogP contribution in [0.3, 0.4) is 0 Å². The summed E-state index contributed by atoms with van der Waals surface area (Å²) in [5, 5.41) is 0. The van der Waals surface area contributed by atoms with Crippen LogP contribution in [0.5, 0.6) is 0 Å². The van der Waals surface area contributed by atoms with Crippen molar-refractivity contribution in [2.45, 2.75) is 17.5 Å². The molecule has 0 atom stereocenters. The summed E-state index contributed by atoms with van der Waals surface area (Å²) in [5.41, 5.74) is -0.960. The standard InChI is InChI=1S/C15H13F4NO2S/c16-13-7-3-1-5-11(13)9-10-20-23(21,22)14-8-4-2-6-12(14)15(17,18)19/h1-8,20H,9-10H2. The normalized spacial score (nSPS) is 12.3. The van der Waals surface area contributed by atoms with E-state index in [-0.39, 0.29) is 18.5 Å². The van der Waals surface area contributed by atoms with Crippen molar-refractivity contribution in [3.05, 3.63) is 65.5 Å². The molecule has 8 heteroatoms. The molecule has 2 aromatic rings. The van der Waals surface area contributed by atoms with Gasteiger partial charge in [0.1, 0.15) is 5.82 Å². The summed E-state index contributed by atoms with van der Waals surface area (Å²) in [6.45, 7) is -0.213. The van der Waals surface area contributed by atoms with Crippen molar-refractivity contribution in [3.63, 3.8) is 0 Å². The second-order valence-electron chi connectivity index (χ2n) is 4.73. The van der Waals surface area contributed by atoms with Gasteiger partial charge in [0.25, 0.3) is 0 Å². The van der Waals surface area contributed by atoms with Crippen molar-refractivity contribution >= 4 is 10.0 Å². The Hall–Kier alpha value is -1.93. The molecular weight excluding hydrogens is 334 g/mol. The lowest BCUT2D eigenvalue weighted by Gasteiger charge is -2.13. The van der Waals surface area contributed by atoms with E-state index in [1.54, 1.807) is 6.07 Å². The van der Waals surface area contributed by atoms with Gasteiger partial charge in [0, 0.05) is 6.54 Å². The topological polar surface area (TPSA) is 46.2 Å². The molecule has 0 bridgehead atoms. The Bertz CT molecular complexity index is 788. The van der Waals surface area contributed by atoms with E-state index in [2.05, 4.69) is 4.72 Å². The summed E-state index contributed by atoms with van der Waals surface area (Å²) < 4.78 is 78.3. The van der Waals surface area contributed by atoms with Crippen LogP contribution in [0, 0.1) is 5.82 Å².